The van der Waals surface area contributed by atoms with Crippen LogP contribution in [0.3, 0.4) is 0 Å². The van der Waals surface area contributed by atoms with E-state index in [-0.39, 0.29) is 0 Å². The molecule has 1 fully saturated rings. The van der Waals surface area contributed by atoms with Crippen LogP contribution in [0.15, 0.2) is 0 Å². The van der Waals surface area contributed by atoms with E-state index in [1.54, 1.807) is 0 Å². The molecule has 2 atom stereocenters. The molecule has 0 aromatic carbocycles. The Hall–Kier alpha value is -0.330. The largest absolute Gasteiger partial charge is 0.299 e. The summed E-state index contributed by atoms with van der Waals surface area (Å²) in [4.78, 5) is 11.9. The number of hydrogen-bond donors (Lipinski definition) is 0. The fraction of sp³-hybridized carbons (Fsp3) is 0.923. The number of carbonyl (C=O) groups excluding carboxylic acids is 1. The van der Waals surface area contributed by atoms with Crippen LogP contribution in [0.2, 0.25) is 0 Å². The van der Waals surface area contributed by atoms with E-state index in [9.17, 15) is 4.79 Å². The zero-order chi connectivity index (χ0) is 10.6. The molecule has 0 amide bonds. The first kappa shape index (κ1) is 11.7. The van der Waals surface area contributed by atoms with Crippen LogP contribution in [0.5, 0.6) is 0 Å². The maximum absolute atomic E-state index is 11.9. The van der Waals surface area contributed by atoms with E-state index >= 15 is 0 Å². The van der Waals surface area contributed by atoms with Crippen LogP contribution in [0.4, 0.5) is 0 Å². The molecule has 82 valence electrons. The standard InChI is InChI=1S/C13H24O/c1-4-11-6-5-7-12(9-11)13(14)8-10(2)3/h10-12H,4-9H2,1-3H3/t11-,12-/m1/s1. The molecule has 1 heteroatoms. The van der Waals surface area contributed by atoms with Gasteiger partial charge in [-0.2, -0.15) is 0 Å². The maximum Gasteiger partial charge on any atom is 0.136 e. The third kappa shape index (κ3) is 3.43. The molecule has 0 heterocycles. The average Bonchev–Trinajstić information content (AvgIpc) is 2.17. The molecule has 0 saturated heterocycles. The molecule has 0 aromatic rings. The van der Waals surface area contributed by atoms with Crippen LogP contribution in [0.25, 0.3) is 0 Å². The van der Waals surface area contributed by atoms with Crippen LogP contribution in [-0.4, -0.2) is 5.78 Å². The minimum atomic E-state index is 0.399. The fourth-order valence-corrected chi connectivity index (χ4v) is 2.52. The molecule has 0 bridgehead atoms. The highest BCUT2D eigenvalue weighted by Gasteiger charge is 2.26. The van der Waals surface area contributed by atoms with Gasteiger partial charge in [-0.3, -0.25) is 4.79 Å². The van der Waals surface area contributed by atoms with Crippen molar-refractivity contribution in [1.29, 1.82) is 0 Å². The van der Waals surface area contributed by atoms with Crippen LogP contribution in [-0.2, 0) is 4.79 Å². The Morgan fingerprint density at radius 3 is 2.64 bits per heavy atom. The van der Waals surface area contributed by atoms with Crippen LogP contribution < -0.4 is 0 Å². The molecular formula is C13H24O. The first-order valence-electron chi connectivity index (χ1n) is 6.16. The number of rotatable bonds is 4. The zero-order valence-electron chi connectivity index (χ0n) is 9.88. The predicted molar refractivity (Wildman–Crippen MR) is 60.2 cm³/mol. The maximum atomic E-state index is 11.9. The second-order valence-electron chi connectivity index (χ2n) is 5.20. The van der Waals surface area contributed by atoms with Crippen molar-refractivity contribution in [3.8, 4) is 0 Å². The molecule has 1 rings (SSSR count). The fourth-order valence-electron chi connectivity index (χ4n) is 2.52. The lowest BCUT2D eigenvalue weighted by Gasteiger charge is -2.27. The van der Waals surface area contributed by atoms with Gasteiger partial charge in [0.1, 0.15) is 5.78 Å². The van der Waals surface area contributed by atoms with Gasteiger partial charge in [-0.25, -0.2) is 0 Å². The molecular weight excluding hydrogens is 172 g/mol. The van der Waals surface area contributed by atoms with E-state index in [1.807, 2.05) is 0 Å². The topological polar surface area (TPSA) is 17.1 Å². The summed E-state index contributed by atoms with van der Waals surface area (Å²) in [6.07, 6.45) is 6.99. The SMILES string of the molecule is CC[C@@H]1CCC[C@@H](C(=O)CC(C)C)C1. The van der Waals surface area contributed by atoms with E-state index in [0.717, 1.165) is 18.8 Å². The molecule has 0 N–H and O–H groups in total. The average molecular weight is 196 g/mol. The first-order valence-corrected chi connectivity index (χ1v) is 6.16. The second-order valence-corrected chi connectivity index (χ2v) is 5.20. The Bertz CT molecular complexity index is 184. The molecule has 0 unspecified atom stereocenters. The third-order valence-electron chi connectivity index (χ3n) is 3.42. The zero-order valence-corrected chi connectivity index (χ0v) is 9.88. The normalized spacial score (nSPS) is 28.0. The van der Waals surface area contributed by atoms with Crippen LogP contribution in [0.1, 0.15) is 59.3 Å². The van der Waals surface area contributed by atoms with Gasteiger partial charge >= 0.3 is 0 Å². The summed E-state index contributed by atoms with van der Waals surface area (Å²) >= 11 is 0. The van der Waals surface area contributed by atoms with Gasteiger partial charge in [0.25, 0.3) is 0 Å². The monoisotopic (exact) mass is 196 g/mol. The Kier molecular flexibility index (Phi) is 4.64. The number of hydrogen-bond acceptors (Lipinski definition) is 1. The lowest BCUT2D eigenvalue weighted by atomic mass is 9.77. The van der Waals surface area contributed by atoms with Crippen LogP contribution in [0, 0.1) is 17.8 Å². The lowest BCUT2D eigenvalue weighted by Crippen LogP contribution is -2.23. The van der Waals surface area contributed by atoms with Gasteiger partial charge in [-0.05, 0) is 24.7 Å². The van der Waals surface area contributed by atoms with Gasteiger partial charge in [0.2, 0.25) is 0 Å². The van der Waals surface area contributed by atoms with Crippen molar-refractivity contribution < 1.29 is 4.79 Å². The summed E-state index contributed by atoms with van der Waals surface area (Å²) in [6.45, 7) is 6.52. The number of Topliss-reactive ketones (excluding diaryl/α,β-unsaturated/α-hetero) is 1. The Morgan fingerprint density at radius 2 is 2.07 bits per heavy atom. The molecule has 14 heavy (non-hydrogen) atoms. The Morgan fingerprint density at radius 1 is 1.36 bits per heavy atom. The summed E-state index contributed by atoms with van der Waals surface area (Å²) < 4.78 is 0. The molecule has 1 saturated carbocycles. The highest BCUT2D eigenvalue weighted by atomic mass is 16.1. The van der Waals surface area contributed by atoms with Crippen molar-refractivity contribution in [3.05, 3.63) is 0 Å². The van der Waals surface area contributed by atoms with Gasteiger partial charge in [-0.1, -0.05) is 40.0 Å². The van der Waals surface area contributed by atoms with Gasteiger partial charge in [-0.15, -0.1) is 0 Å². The summed E-state index contributed by atoms with van der Waals surface area (Å²) in [5.41, 5.74) is 0. The smallest absolute Gasteiger partial charge is 0.136 e. The predicted octanol–water partition coefficient (Wildman–Crippen LogP) is 3.82. The van der Waals surface area contributed by atoms with Gasteiger partial charge in [0, 0.05) is 12.3 Å². The van der Waals surface area contributed by atoms with Crippen molar-refractivity contribution >= 4 is 5.78 Å². The van der Waals surface area contributed by atoms with E-state index in [0.29, 0.717) is 17.6 Å². The Balaban J connectivity index is 2.39. The molecule has 1 aliphatic rings. The van der Waals surface area contributed by atoms with E-state index in [4.69, 9.17) is 0 Å². The summed E-state index contributed by atoms with van der Waals surface area (Å²) in [5.74, 6) is 2.28. The van der Waals surface area contributed by atoms with Gasteiger partial charge in [0.05, 0.1) is 0 Å². The first-order chi connectivity index (χ1) is 6.63. The Labute approximate surface area is 88.3 Å². The molecule has 1 aliphatic carbocycles. The van der Waals surface area contributed by atoms with Crippen molar-refractivity contribution in [2.45, 2.75) is 59.3 Å². The third-order valence-corrected chi connectivity index (χ3v) is 3.42. The highest BCUT2D eigenvalue weighted by Crippen LogP contribution is 2.32. The number of carbonyl (C=O) groups is 1. The summed E-state index contributed by atoms with van der Waals surface area (Å²) in [7, 11) is 0. The van der Waals surface area contributed by atoms with E-state index in [2.05, 4.69) is 20.8 Å². The molecule has 0 spiro atoms. The van der Waals surface area contributed by atoms with Gasteiger partial charge in [0.15, 0.2) is 0 Å². The lowest BCUT2D eigenvalue weighted by molar-refractivity contribution is -0.125. The van der Waals surface area contributed by atoms with E-state index in [1.165, 1.54) is 25.7 Å². The minimum Gasteiger partial charge on any atom is -0.299 e. The summed E-state index contributed by atoms with van der Waals surface area (Å²) in [5, 5.41) is 0. The van der Waals surface area contributed by atoms with Crippen LogP contribution >= 0.6 is 0 Å². The quantitative estimate of drug-likeness (QED) is 0.668. The molecule has 1 nitrogen and oxygen atoms in total. The van der Waals surface area contributed by atoms with Crippen molar-refractivity contribution in [1.82, 2.24) is 0 Å². The highest BCUT2D eigenvalue weighted by molar-refractivity contribution is 5.81. The molecule has 0 radical (unpaired) electrons. The number of ketones is 1. The van der Waals surface area contributed by atoms with Crippen molar-refractivity contribution in [2.24, 2.45) is 17.8 Å². The van der Waals surface area contributed by atoms with Crippen molar-refractivity contribution in [3.63, 3.8) is 0 Å². The second kappa shape index (κ2) is 5.53. The summed E-state index contributed by atoms with van der Waals surface area (Å²) in [6, 6.07) is 0. The van der Waals surface area contributed by atoms with E-state index < -0.39 is 0 Å². The molecule has 0 aromatic heterocycles. The minimum absolute atomic E-state index is 0.399. The van der Waals surface area contributed by atoms with Crippen molar-refractivity contribution in [2.75, 3.05) is 0 Å². The van der Waals surface area contributed by atoms with Gasteiger partial charge < -0.3 is 0 Å². The molecule has 0 aliphatic heterocycles.